The molecule has 3 heteroatoms. The van der Waals surface area contributed by atoms with E-state index in [1.54, 1.807) is 0 Å². The molecule has 1 aliphatic rings. The van der Waals surface area contributed by atoms with Crippen molar-refractivity contribution < 1.29 is 9.53 Å². The minimum atomic E-state index is -0.152. The fourth-order valence-electron chi connectivity index (χ4n) is 2.72. The predicted octanol–water partition coefficient (Wildman–Crippen LogP) is 5.05. The minimum Gasteiger partial charge on any atom is -0.466 e. The van der Waals surface area contributed by atoms with Crippen LogP contribution in [0.1, 0.15) is 64.0 Å². The van der Waals surface area contributed by atoms with Crippen LogP contribution in [0, 0.1) is 0 Å². The highest BCUT2D eigenvalue weighted by atomic mass is 16.5. The van der Waals surface area contributed by atoms with Gasteiger partial charge in [-0.1, -0.05) is 56.3 Å². The van der Waals surface area contributed by atoms with Gasteiger partial charge in [-0.25, -0.2) is 0 Å². The van der Waals surface area contributed by atoms with Crippen molar-refractivity contribution in [1.29, 1.82) is 0 Å². The second-order valence-corrected chi connectivity index (χ2v) is 5.98. The Bertz CT molecular complexity index is 558. The van der Waals surface area contributed by atoms with Crippen molar-refractivity contribution in [2.24, 2.45) is 5.73 Å². The number of aryl methyl sites for hydroxylation is 1. The number of carbonyl (C=O) groups excluding carboxylic acids is 1. The zero-order chi connectivity index (χ0) is 18.5. The molecule has 0 bridgehead atoms. The molecule has 1 aromatic carbocycles. The molecule has 0 unspecified atom stereocenters. The van der Waals surface area contributed by atoms with Gasteiger partial charge in [0.15, 0.2) is 0 Å². The highest BCUT2D eigenvalue weighted by Crippen LogP contribution is 2.22. The van der Waals surface area contributed by atoms with Crippen molar-refractivity contribution in [3.8, 4) is 0 Å². The van der Waals surface area contributed by atoms with E-state index in [0.717, 1.165) is 25.7 Å². The van der Waals surface area contributed by atoms with E-state index in [2.05, 4.69) is 42.5 Å². The van der Waals surface area contributed by atoms with Gasteiger partial charge in [0.1, 0.15) is 0 Å². The highest BCUT2D eigenvalue weighted by Gasteiger charge is 2.08. The molecule has 0 saturated heterocycles. The van der Waals surface area contributed by atoms with E-state index in [4.69, 9.17) is 10.5 Å². The summed E-state index contributed by atoms with van der Waals surface area (Å²) in [5.74, 6) is -0.152. The lowest BCUT2D eigenvalue weighted by molar-refractivity contribution is -0.143. The predicted molar refractivity (Wildman–Crippen MR) is 106 cm³/mol. The van der Waals surface area contributed by atoms with Gasteiger partial charge < -0.3 is 10.5 Å². The number of esters is 1. The van der Waals surface area contributed by atoms with Gasteiger partial charge in [0.05, 0.1) is 6.61 Å². The Hall–Kier alpha value is -1.87. The van der Waals surface area contributed by atoms with E-state index >= 15 is 0 Å². The number of allylic oxidation sites excluding steroid dienone is 4. The maximum Gasteiger partial charge on any atom is 0.305 e. The molecule has 0 fully saturated rings. The largest absolute Gasteiger partial charge is 0.466 e. The molecule has 0 radical (unpaired) electrons. The van der Waals surface area contributed by atoms with E-state index in [1.165, 1.54) is 16.7 Å². The molecule has 1 aromatic rings. The maximum absolute atomic E-state index is 11.3. The fraction of sp³-hybridized carbons (Fsp3) is 0.500. The molecule has 0 heterocycles. The van der Waals surface area contributed by atoms with Crippen LogP contribution in [-0.4, -0.2) is 18.6 Å². The van der Waals surface area contributed by atoms with E-state index in [1.807, 2.05) is 20.8 Å². The third-order valence-electron chi connectivity index (χ3n) is 4.11. The van der Waals surface area contributed by atoms with Crippen LogP contribution in [0.2, 0.25) is 0 Å². The normalized spacial score (nSPS) is 14.2. The van der Waals surface area contributed by atoms with Gasteiger partial charge in [-0.3, -0.25) is 4.79 Å². The number of benzene rings is 1. The van der Waals surface area contributed by atoms with Crippen molar-refractivity contribution in [1.82, 2.24) is 0 Å². The second-order valence-electron chi connectivity index (χ2n) is 5.98. The average molecular weight is 344 g/mol. The lowest BCUT2D eigenvalue weighted by atomic mass is 9.97. The first-order valence-corrected chi connectivity index (χ1v) is 9.56. The lowest BCUT2D eigenvalue weighted by Crippen LogP contribution is -2.22. The first-order valence-electron chi connectivity index (χ1n) is 9.56. The number of hydrogen-bond acceptors (Lipinski definition) is 3. The fourth-order valence-corrected chi connectivity index (χ4v) is 2.72. The van der Waals surface area contributed by atoms with Gasteiger partial charge in [0.2, 0.25) is 0 Å². The minimum absolute atomic E-state index is 0.0445. The van der Waals surface area contributed by atoms with Crippen molar-refractivity contribution >= 4 is 11.5 Å². The Labute approximate surface area is 153 Å². The molecule has 0 saturated carbocycles. The summed E-state index contributed by atoms with van der Waals surface area (Å²) < 4.78 is 4.92. The third-order valence-corrected chi connectivity index (χ3v) is 4.11. The number of carbonyl (C=O) groups is 1. The Morgan fingerprint density at radius 1 is 1.16 bits per heavy atom. The Kier molecular flexibility index (Phi) is 10.6. The van der Waals surface area contributed by atoms with Crippen molar-refractivity contribution in [2.45, 2.75) is 65.3 Å². The molecule has 1 aliphatic carbocycles. The Morgan fingerprint density at radius 2 is 1.88 bits per heavy atom. The maximum atomic E-state index is 11.3. The average Bonchev–Trinajstić information content (AvgIpc) is 2.67. The van der Waals surface area contributed by atoms with Crippen LogP contribution in [-0.2, 0) is 16.0 Å². The number of ether oxygens (including phenoxy) is 1. The zero-order valence-electron chi connectivity index (χ0n) is 16.0. The molecule has 25 heavy (non-hydrogen) atoms. The summed E-state index contributed by atoms with van der Waals surface area (Å²) >= 11 is 0. The second kappa shape index (κ2) is 12.5. The molecule has 2 N–H and O–H groups in total. The highest BCUT2D eigenvalue weighted by molar-refractivity contribution is 5.74. The molecule has 138 valence electrons. The summed E-state index contributed by atoms with van der Waals surface area (Å²) in [5, 5.41) is 0. The Morgan fingerprint density at radius 3 is 2.48 bits per heavy atom. The lowest BCUT2D eigenvalue weighted by Gasteiger charge is -2.12. The van der Waals surface area contributed by atoms with E-state index in [9.17, 15) is 4.79 Å². The summed E-state index contributed by atoms with van der Waals surface area (Å²) in [6, 6.07) is 8.76. The molecule has 0 aromatic heterocycles. The number of hydrogen-bond donors (Lipinski definition) is 1. The van der Waals surface area contributed by atoms with Crippen LogP contribution in [0.4, 0.5) is 0 Å². The monoisotopic (exact) mass is 343 g/mol. The molecular weight excluding hydrogens is 310 g/mol. The quantitative estimate of drug-likeness (QED) is 0.672. The number of nitrogens with two attached hydrogens (primary N) is 1. The molecule has 0 aliphatic heterocycles. The van der Waals surface area contributed by atoms with E-state index in [0.29, 0.717) is 19.4 Å². The standard InChI is InChI=1S/C20H27NO2.C2H6/c1-2-23-20(22)15-14-19(21)13-10-16-8-11-18(12-9-16)17-6-4-3-5-7-17;1-2/h4,6-9,11-12,19H,2-3,5,10,13-15,21H2,1H3;1-2H3/t19-;/m1./s1. The van der Waals surface area contributed by atoms with Crippen LogP contribution < -0.4 is 5.73 Å². The third kappa shape index (κ3) is 8.17. The van der Waals surface area contributed by atoms with Gasteiger partial charge in [0, 0.05) is 12.5 Å². The van der Waals surface area contributed by atoms with Crippen LogP contribution in [0.25, 0.3) is 5.57 Å². The molecule has 1 atom stereocenters. The first-order chi connectivity index (χ1) is 12.2. The van der Waals surface area contributed by atoms with Crippen LogP contribution in [0.5, 0.6) is 0 Å². The molecule has 0 spiro atoms. The van der Waals surface area contributed by atoms with Gasteiger partial charge in [-0.2, -0.15) is 0 Å². The molecule has 3 nitrogen and oxygen atoms in total. The van der Waals surface area contributed by atoms with Crippen LogP contribution >= 0.6 is 0 Å². The summed E-state index contributed by atoms with van der Waals surface area (Å²) in [6.07, 6.45) is 11.9. The summed E-state index contributed by atoms with van der Waals surface area (Å²) in [4.78, 5) is 11.3. The van der Waals surface area contributed by atoms with Crippen LogP contribution in [0.15, 0.2) is 42.5 Å². The van der Waals surface area contributed by atoms with Gasteiger partial charge in [0.25, 0.3) is 0 Å². The molecular formula is C22H33NO2. The van der Waals surface area contributed by atoms with Crippen LogP contribution in [0.3, 0.4) is 0 Å². The summed E-state index contributed by atoms with van der Waals surface area (Å²) in [6.45, 7) is 6.26. The van der Waals surface area contributed by atoms with E-state index < -0.39 is 0 Å². The Balaban J connectivity index is 0.00000151. The van der Waals surface area contributed by atoms with Gasteiger partial charge in [-0.05, 0) is 55.7 Å². The van der Waals surface area contributed by atoms with Crippen molar-refractivity contribution in [3.05, 3.63) is 53.6 Å². The zero-order valence-corrected chi connectivity index (χ0v) is 16.0. The SMILES string of the molecule is CC.CCOC(=O)CC[C@H](N)CCc1ccc(C2=CCCC=C2)cc1. The number of rotatable bonds is 8. The molecule has 0 amide bonds. The smallest absolute Gasteiger partial charge is 0.305 e. The molecule has 2 rings (SSSR count). The van der Waals surface area contributed by atoms with Gasteiger partial charge in [-0.15, -0.1) is 0 Å². The van der Waals surface area contributed by atoms with Crippen molar-refractivity contribution in [2.75, 3.05) is 6.61 Å². The van der Waals surface area contributed by atoms with Gasteiger partial charge >= 0.3 is 5.97 Å². The van der Waals surface area contributed by atoms with Crippen molar-refractivity contribution in [3.63, 3.8) is 0 Å². The topological polar surface area (TPSA) is 52.3 Å². The van der Waals surface area contributed by atoms with E-state index in [-0.39, 0.29) is 12.0 Å². The summed E-state index contributed by atoms with van der Waals surface area (Å²) in [7, 11) is 0. The first kappa shape index (κ1) is 21.2. The summed E-state index contributed by atoms with van der Waals surface area (Å²) in [5.41, 5.74) is 9.97.